The summed E-state index contributed by atoms with van der Waals surface area (Å²) in [5.74, 6) is -1.63. The fourth-order valence-corrected chi connectivity index (χ4v) is 9.00. The minimum absolute atomic E-state index is 0.0188. The highest BCUT2D eigenvalue weighted by atomic mass is 79.9. The molecule has 6 N–H and O–H groups in total. The van der Waals surface area contributed by atoms with Crippen molar-refractivity contribution < 1.29 is 36.7 Å². The van der Waals surface area contributed by atoms with Gasteiger partial charge in [0, 0.05) is 25.2 Å². The molecule has 2 aliphatic rings. The number of aromatic nitrogens is 8. The third kappa shape index (κ3) is 17.5. The molecule has 402 valence electrons. The van der Waals surface area contributed by atoms with Crippen LogP contribution in [-0.2, 0) is 22.4 Å². The van der Waals surface area contributed by atoms with Crippen LogP contribution in [0.25, 0.3) is 34.4 Å². The number of hydrogen-bond donors (Lipinski definition) is 4. The Balaban J connectivity index is 0.000000223. The maximum Gasteiger partial charge on any atom is 0.446 e. The number of carbonyl (C=O) groups excluding carboxylic acids is 2. The van der Waals surface area contributed by atoms with E-state index in [0.717, 1.165) is 83.5 Å². The van der Waals surface area contributed by atoms with Crippen molar-refractivity contribution in [2.75, 3.05) is 12.8 Å². The minimum atomic E-state index is -0.745. The molecule has 0 aliphatic heterocycles. The van der Waals surface area contributed by atoms with Crippen LogP contribution in [0.3, 0.4) is 0 Å². The summed E-state index contributed by atoms with van der Waals surface area (Å²) in [5, 5.41) is 40.6. The lowest BCUT2D eigenvalue weighted by molar-refractivity contribution is -0.124. The van der Waals surface area contributed by atoms with Gasteiger partial charge in [0.1, 0.15) is 28.9 Å². The minimum Gasteiger partial charge on any atom is -0.387 e. The van der Waals surface area contributed by atoms with E-state index in [4.69, 9.17) is 40.4 Å². The second kappa shape index (κ2) is 30.8. The highest BCUT2D eigenvalue weighted by Crippen LogP contribution is 2.28. The van der Waals surface area contributed by atoms with Crippen LogP contribution >= 0.6 is 43.6 Å². The van der Waals surface area contributed by atoms with Gasteiger partial charge in [0.15, 0.2) is 16.6 Å². The molecule has 0 spiro atoms. The molecule has 22 nitrogen and oxygen atoms in total. The molecule has 6 aromatic rings. The van der Waals surface area contributed by atoms with E-state index in [-0.39, 0.29) is 55.1 Å². The van der Waals surface area contributed by atoms with Gasteiger partial charge in [-0.1, -0.05) is 77.3 Å². The van der Waals surface area contributed by atoms with Crippen LogP contribution in [-0.4, -0.2) is 75.7 Å². The van der Waals surface area contributed by atoms with Gasteiger partial charge in [-0.25, -0.2) is 41.8 Å². The lowest BCUT2D eigenvalue weighted by Crippen LogP contribution is -2.34. The average Bonchev–Trinajstić information content (AvgIpc) is 4.24. The summed E-state index contributed by atoms with van der Waals surface area (Å²) >= 11 is 7.47. The largest absolute Gasteiger partial charge is 0.446 e. The third-order valence-corrected chi connectivity index (χ3v) is 13.6. The molecule has 2 fully saturated rings. The summed E-state index contributed by atoms with van der Waals surface area (Å²) in [6.07, 6.45) is 18.1. The Labute approximate surface area is 450 Å². The van der Waals surface area contributed by atoms with Gasteiger partial charge in [-0.05, 0) is 156 Å². The monoisotopic (exact) mass is 1190 g/mol. The van der Waals surface area contributed by atoms with Crippen LogP contribution < -0.4 is 28.3 Å². The zero-order chi connectivity index (χ0) is 54.3. The van der Waals surface area contributed by atoms with Crippen LogP contribution in [0.2, 0.25) is 0 Å². The van der Waals surface area contributed by atoms with Gasteiger partial charge in [0.25, 0.3) is 0 Å². The number of amides is 2. The van der Waals surface area contributed by atoms with Crippen molar-refractivity contribution in [3.8, 4) is 40.5 Å². The number of amidine groups is 2. The van der Waals surface area contributed by atoms with E-state index in [1.165, 1.54) is 77.1 Å². The number of nitriles is 1. The molecular weight excluding hydrogens is 1130 g/mol. The topological polar surface area (TPSA) is 332 Å². The summed E-state index contributed by atoms with van der Waals surface area (Å²) in [4.78, 5) is 52.2. The van der Waals surface area contributed by atoms with E-state index in [9.17, 15) is 28.0 Å². The van der Waals surface area contributed by atoms with E-state index in [1.807, 2.05) is 0 Å². The molecule has 0 unspecified atom stereocenters. The highest BCUT2D eigenvalue weighted by Gasteiger charge is 2.26. The van der Waals surface area contributed by atoms with Crippen molar-refractivity contribution in [2.24, 2.45) is 28.3 Å². The quantitative estimate of drug-likeness (QED) is 0.0399. The van der Waals surface area contributed by atoms with Crippen molar-refractivity contribution in [1.82, 2.24) is 45.4 Å². The molecule has 4 heterocycles. The fourth-order valence-electron chi connectivity index (χ4n) is 8.06. The highest BCUT2D eigenvalue weighted by molar-refractivity contribution is 9.10. The Morgan fingerprint density at radius 2 is 1.24 bits per heavy atom. The number of carbonyl (C=O) groups is 2. The number of nitrogens with one attached hydrogen (secondary N) is 2. The molecule has 0 bridgehead atoms. The normalized spacial score (nSPS) is 13.8. The Morgan fingerprint density at radius 3 is 1.69 bits per heavy atom. The van der Waals surface area contributed by atoms with Gasteiger partial charge < -0.3 is 16.8 Å². The van der Waals surface area contributed by atoms with E-state index >= 15 is 0 Å². The average molecular weight is 1190 g/mol. The molecule has 2 saturated carbocycles. The molecule has 75 heavy (non-hydrogen) atoms. The first-order valence-corrected chi connectivity index (χ1v) is 27.0. The van der Waals surface area contributed by atoms with E-state index < -0.39 is 23.1 Å². The Hall–Kier alpha value is -6.50. The summed E-state index contributed by atoms with van der Waals surface area (Å²) in [6, 6.07) is 9.95. The van der Waals surface area contributed by atoms with Crippen LogP contribution in [0, 0.1) is 40.2 Å². The molecule has 27 heteroatoms. The first-order valence-electron chi connectivity index (χ1n) is 24.2. The number of aliphatic imine (C=N–C) groups is 1. The fraction of sp³-hybridized carbons (Fsp3) is 0.479. The molecule has 2 aliphatic carbocycles. The van der Waals surface area contributed by atoms with Gasteiger partial charge in [-0.15, -0.1) is 0 Å². The molecule has 2 amide bonds. The maximum absolute atomic E-state index is 13.6. The summed E-state index contributed by atoms with van der Waals surface area (Å²) in [7, 11) is 0. The van der Waals surface area contributed by atoms with Crippen molar-refractivity contribution in [2.45, 2.75) is 122 Å². The maximum atomic E-state index is 13.6. The molecule has 8 rings (SSSR count). The molecule has 0 atom stereocenters. The number of aryl methyl sites for hydroxylation is 2. The zero-order valence-corrected chi connectivity index (χ0v) is 45.4. The van der Waals surface area contributed by atoms with E-state index in [1.54, 1.807) is 12.3 Å². The van der Waals surface area contributed by atoms with E-state index in [0.29, 0.717) is 60.1 Å². The molecule has 4 aromatic heterocycles. The number of nitrogens with zero attached hydrogens (tertiary/aromatic N) is 10. The van der Waals surface area contributed by atoms with E-state index in [2.05, 4.69) is 73.1 Å². The van der Waals surface area contributed by atoms with Crippen molar-refractivity contribution in [3.63, 3.8) is 0 Å². The molecular formula is C48H58Br2F2N14O8S. The van der Waals surface area contributed by atoms with Crippen molar-refractivity contribution in [3.05, 3.63) is 89.5 Å². The number of benzene rings is 2. The molecule has 0 saturated heterocycles. The number of rotatable bonds is 16. The number of unbranched alkanes of at least 4 members (excludes halogenated alkanes) is 3. The predicted octanol–water partition coefficient (Wildman–Crippen LogP) is 8.91. The van der Waals surface area contributed by atoms with Gasteiger partial charge >= 0.3 is 11.5 Å². The number of nitrogens with two attached hydrogens (primary N) is 2. The summed E-state index contributed by atoms with van der Waals surface area (Å²) < 4.78 is 49.1. The lowest BCUT2D eigenvalue weighted by Gasteiger charge is -2.20. The first-order chi connectivity index (χ1) is 36.2. The summed E-state index contributed by atoms with van der Waals surface area (Å²) in [6.45, 7) is 2.00. The first kappa shape index (κ1) is 59.4. The molecule has 0 radical (unpaired) electrons. The van der Waals surface area contributed by atoms with Gasteiger partial charge in [0.2, 0.25) is 23.5 Å². The Kier molecular flexibility index (Phi) is 24.4. The number of hydrogen-bond acceptors (Lipinski definition) is 18. The lowest BCUT2D eigenvalue weighted by atomic mass is 9.89. The Morgan fingerprint density at radius 1 is 0.773 bits per heavy atom. The van der Waals surface area contributed by atoms with Gasteiger partial charge in [-0.2, -0.15) is 5.26 Å². The molecule has 2 aromatic carbocycles. The van der Waals surface area contributed by atoms with Crippen LogP contribution in [0.4, 0.5) is 8.78 Å². The number of halogens is 4. The predicted molar refractivity (Wildman–Crippen MR) is 281 cm³/mol. The number of thioether (sulfide) groups is 1. The Bertz CT molecular complexity index is 3010. The third-order valence-electron chi connectivity index (χ3n) is 11.9. The van der Waals surface area contributed by atoms with Crippen LogP contribution in [0.5, 0.6) is 0 Å². The zero-order valence-electron chi connectivity index (χ0n) is 41.4. The van der Waals surface area contributed by atoms with Crippen LogP contribution in [0.15, 0.2) is 78.2 Å². The van der Waals surface area contributed by atoms with Crippen molar-refractivity contribution >= 4 is 66.4 Å². The van der Waals surface area contributed by atoms with Crippen molar-refractivity contribution in [1.29, 1.82) is 10.7 Å². The summed E-state index contributed by atoms with van der Waals surface area (Å²) in [5.41, 5.74) is 13.8. The SMILES string of the molecule is CC#N.CSC(=N)NC(=O)C1CCCCC1.NC(CCCCCc1nonc1-c1noc(=O)n1-c1ccc(F)c(Br)c1)=NC(=O)C1CCCCC1.NCCCCc1nonc1-c1noc(=O)n1-c1ccc(F)c(Br)c1. The van der Waals surface area contributed by atoms with Crippen LogP contribution in [0.1, 0.15) is 121 Å². The smallest absolute Gasteiger partial charge is 0.387 e. The second-order valence-electron chi connectivity index (χ2n) is 17.2. The van der Waals surface area contributed by atoms with Gasteiger partial charge in [0.05, 0.1) is 26.4 Å². The standard InChI is InChI=1S/C23H26BrFN6O4.C14H13BrFN5O3.C9H16N2OS.C2H3N/c24-16-13-15(11-12-17(16)25)31-21(30-34-23(31)33)20-18(28-35-29-20)9-5-2-6-10-19(26)27-22(32)14-7-3-1-4-8-14;15-9-7-8(4-5-10(9)16)21-13(20-23-14(21)22)12-11(18-24-19-12)3-1-2-6-17;1-13-9(10)11-8(12)7-5-3-2-4-6-7;1-2-3/h11-14H,1-10H2,(H2,26,27,32);4-5,7H,1-3,6,17H2;7H,2-6H2,1H3,(H2,10,11,12);1H3. The second-order valence-corrected chi connectivity index (χ2v) is 19.7. The van der Waals surface area contributed by atoms with Gasteiger partial charge in [-0.3, -0.25) is 24.0 Å².